The zero-order valence-corrected chi connectivity index (χ0v) is 14.2. The van der Waals surface area contributed by atoms with E-state index in [1.807, 2.05) is 31.2 Å². The molecule has 2 N–H and O–H groups in total. The van der Waals surface area contributed by atoms with Gasteiger partial charge in [-0.05, 0) is 24.8 Å². The molecule has 2 fully saturated rings. The van der Waals surface area contributed by atoms with E-state index in [2.05, 4.69) is 10.3 Å². The molecule has 1 aromatic carbocycles. The molecule has 3 amide bonds. The number of H-pyrrole nitrogens is 1. The van der Waals surface area contributed by atoms with E-state index in [0.717, 1.165) is 35.1 Å². The maximum Gasteiger partial charge on any atom is 0.325 e. The summed E-state index contributed by atoms with van der Waals surface area (Å²) in [5.41, 5.74) is 0.546. The lowest BCUT2D eigenvalue weighted by Gasteiger charge is -2.36. The van der Waals surface area contributed by atoms with E-state index in [0.29, 0.717) is 12.0 Å². The fourth-order valence-electron chi connectivity index (χ4n) is 4.17. The number of carbonyl (C=O) groups is 3. The number of Topliss-reactive ketones (excluding diaryl/α,β-unsaturated/α-hetero) is 1. The first-order valence-corrected chi connectivity index (χ1v) is 8.76. The third-order valence-corrected chi connectivity index (χ3v) is 5.69. The van der Waals surface area contributed by atoms with Crippen LogP contribution in [0.15, 0.2) is 30.5 Å². The first-order chi connectivity index (χ1) is 12.0. The van der Waals surface area contributed by atoms with E-state index in [9.17, 15) is 14.4 Å². The molecule has 1 saturated heterocycles. The van der Waals surface area contributed by atoms with Crippen LogP contribution in [-0.4, -0.2) is 39.7 Å². The normalized spacial score (nSPS) is 26.4. The molecule has 1 saturated carbocycles. The highest BCUT2D eigenvalue weighted by Crippen LogP contribution is 2.38. The van der Waals surface area contributed by atoms with Crippen molar-refractivity contribution in [1.82, 2.24) is 15.2 Å². The lowest BCUT2D eigenvalue weighted by molar-refractivity contribution is -0.133. The summed E-state index contributed by atoms with van der Waals surface area (Å²) in [6, 6.07) is 7.04. The number of nitrogens with one attached hydrogen (secondary N) is 2. The van der Waals surface area contributed by atoms with Gasteiger partial charge in [-0.3, -0.25) is 14.5 Å². The average Bonchev–Trinajstić information content (AvgIpc) is 3.13. The topological polar surface area (TPSA) is 82.3 Å². The molecule has 2 aromatic rings. The Morgan fingerprint density at radius 2 is 2.08 bits per heavy atom. The third kappa shape index (κ3) is 2.35. The minimum absolute atomic E-state index is 0.0888. The number of hydrogen-bond acceptors (Lipinski definition) is 3. The molecule has 6 nitrogen and oxygen atoms in total. The van der Waals surface area contributed by atoms with Crippen LogP contribution in [0.4, 0.5) is 4.79 Å². The Kier molecular flexibility index (Phi) is 3.63. The van der Waals surface area contributed by atoms with Crippen LogP contribution in [0.1, 0.15) is 43.0 Å². The second-order valence-corrected chi connectivity index (χ2v) is 7.11. The second kappa shape index (κ2) is 5.72. The van der Waals surface area contributed by atoms with Crippen LogP contribution in [0.25, 0.3) is 10.9 Å². The number of ketones is 1. The van der Waals surface area contributed by atoms with Crippen molar-refractivity contribution in [2.75, 3.05) is 6.54 Å². The van der Waals surface area contributed by atoms with Gasteiger partial charge in [0.05, 0.1) is 6.54 Å². The van der Waals surface area contributed by atoms with Crippen molar-refractivity contribution in [3.63, 3.8) is 0 Å². The highest BCUT2D eigenvalue weighted by Gasteiger charge is 2.55. The Morgan fingerprint density at radius 3 is 2.88 bits per heavy atom. The zero-order chi connectivity index (χ0) is 17.6. The van der Waals surface area contributed by atoms with Crippen molar-refractivity contribution < 1.29 is 14.4 Å². The summed E-state index contributed by atoms with van der Waals surface area (Å²) < 4.78 is 0. The van der Waals surface area contributed by atoms with E-state index in [4.69, 9.17) is 0 Å². The number of hydrogen-bond donors (Lipinski definition) is 2. The zero-order valence-electron chi connectivity index (χ0n) is 14.2. The molecule has 2 aliphatic rings. The molecule has 1 aliphatic carbocycles. The first-order valence-electron chi connectivity index (χ1n) is 8.76. The smallest absolute Gasteiger partial charge is 0.325 e. The average molecular weight is 339 g/mol. The van der Waals surface area contributed by atoms with Gasteiger partial charge >= 0.3 is 6.03 Å². The van der Waals surface area contributed by atoms with Crippen molar-refractivity contribution in [3.05, 3.63) is 36.0 Å². The van der Waals surface area contributed by atoms with Crippen LogP contribution < -0.4 is 5.32 Å². The van der Waals surface area contributed by atoms with Crippen molar-refractivity contribution in [2.24, 2.45) is 5.92 Å². The summed E-state index contributed by atoms with van der Waals surface area (Å²) in [6.07, 6.45) is 5.19. The summed E-state index contributed by atoms with van der Waals surface area (Å²) >= 11 is 0. The Bertz CT molecular complexity index is 872. The van der Waals surface area contributed by atoms with Crippen molar-refractivity contribution >= 4 is 28.6 Å². The highest BCUT2D eigenvalue weighted by atomic mass is 16.2. The van der Waals surface area contributed by atoms with Crippen LogP contribution in [0, 0.1) is 5.92 Å². The SMILES string of the molecule is C[C@@H]1CCCC[C@@]12NC(=O)N(CC(=O)c1c[nH]c3ccccc13)C2=O. The van der Waals surface area contributed by atoms with Gasteiger partial charge in [0.15, 0.2) is 5.78 Å². The van der Waals surface area contributed by atoms with Crippen molar-refractivity contribution in [1.29, 1.82) is 0 Å². The molecule has 25 heavy (non-hydrogen) atoms. The minimum Gasteiger partial charge on any atom is -0.360 e. The number of imide groups is 1. The Morgan fingerprint density at radius 1 is 1.28 bits per heavy atom. The molecule has 2 heterocycles. The molecular weight excluding hydrogens is 318 g/mol. The number of rotatable bonds is 3. The fraction of sp³-hybridized carbons (Fsp3) is 0.421. The maximum absolute atomic E-state index is 13.0. The Balaban J connectivity index is 1.59. The van der Waals surface area contributed by atoms with E-state index in [-0.39, 0.29) is 24.2 Å². The van der Waals surface area contributed by atoms with Crippen LogP contribution in [-0.2, 0) is 4.79 Å². The predicted molar refractivity (Wildman–Crippen MR) is 93.2 cm³/mol. The molecule has 1 spiro atoms. The van der Waals surface area contributed by atoms with Gasteiger partial charge in [-0.1, -0.05) is 38.0 Å². The van der Waals surface area contributed by atoms with Gasteiger partial charge in [0.2, 0.25) is 0 Å². The number of aromatic amines is 1. The minimum atomic E-state index is -0.824. The quantitative estimate of drug-likeness (QED) is 0.666. The number of amides is 3. The lowest BCUT2D eigenvalue weighted by Crippen LogP contribution is -2.54. The predicted octanol–water partition coefficient (Wildman–Crippen LogP) is 2.85. The van der Waals surface area contributed by atoms with E-state index >= 15 is 0 Å². The number of fused-ring (bicyclic) bond motifs is 1. The number of para-hydroxylation sites is 1. The molecule has 1 aliphatic heterocycles. The molecular formula is C19H21N3O3. The number of urea groups is 1. The van der Waals surface area contributed by atoms with E-state index in [1.165, 1.54) is 0 Å². The van der Waals surface area contributed by atoms with Crippen LogP contribution in [0.2, 0.25) is 0 Å². The summed E-state index contributed by atoms with van der Waals surface area (Å²) in [4.78, 5) is 42.2. The monoisotopic (exact) mass is 339 g/mol. The van der Waals surface area contributed by atoms with Gasteiger partial charge in [0.25, 0.3) is 5.91 Å². The maximum atomic E-state index is 13.0. The molecule has 1 aromatic heterocycles. The van der Waals surface area contributed by atoms with Crippen molar-refractivity contribution in [2.45, 2.75) is 38.1 Å². The Hall–Kier alpha value is -2.63. The van der Waals surface area contributed by atoms with Crippen LogP contribution in [0.3, 0.4) is 0 Å². The van der Waals surface area contributed by atoms with Crippen molar-refractivity contribution in [3.8, 4) is 0 Å². The number of nitrogens with zero attached hydrogens (tertiary/aromatic N) is 1. The molecule has 130 valence electrons. The first kappa shape index (κ1) is 15.9. The van der Waals surface area contributed by atoms with Gasteiger partial charge in [-0.25, -0.2) is 4.79 Å². The van der Waals surface area contributed by atoms with Gasteiger partial charge in [0, 0.05) is 22.7 Å². The lowest BCUT2D eigenvalue weighted by atomic mass is 9.73. The highest BCUT2D eigenvalue weighted by molar-refractivity contribution is 6.14. The fourth-order valence-corrected chi connectivity index (χ4v) is 4.17. The molecule has 4 rings (SSSR count). The summed E-state index contributed by atoms with van der Waals surface area (Å²) in [5, 5.41) is 3.69. The van der Waals surface area contributed by atoms with Gasteiger partial charge in [-0.15, -0.1) is 0 Å². The van der Waals surface area contributed by atoms with E-state index in [1.54, 1.807) is 6.20 Å². The van der Waals surface area contributed by atoms with Gasteiger partial charge in [-0.2, -0.15) is 0 Å². The number of benzene rings is 1. The number of aromatic nitrogens is 1. The third-order valence-electron chi connectivity index (χ3n) is 5.69. The van der Waals surface area contributed by atoms with Gasteiger partial charge in [0.1, 0.15) is 5.54 Å². The molecule has 6 heteroatoms. The number of carbonyl (C=O) groups excluding carboxylic acids is 3. The standard InChI is InChI=1S/C19H21N3O3/c1-12-6-4-5-9-19(12)17(24)22(18(25)21-19)11-16(23)14-10-20-15-8-3-2-7-13(14)15/h2-3,7-8,10,12,20H,4-6,9,11H2,1H3,(H,21,25)/t12-,19-/m1/s1. The van der Waals surface area contributed by atoms with E-state index < -0.39 is 11.6 Å². The molecule has 0 radical (unpaired) electrons. The molecule has 2 atom stereocenters. The molecule has 0 bridgehead atoms. The Labute approximate surface area is 145 Å². The van der Waals surface area contributed by atoms with Crippen LogP contribution >= 0.6 is 0 Å². The summed E-state index contributed by atoms with van der Waals surface area (Å²) in [5.74, 6) is -0.398. The molecule has 0 unspecified atom stereocenters. The summed E-state index contributed by atoms with van der Waals surface area (Å²) in [6.45, 7) is 1.78. The summed E-state index contributed by atoms with van der Waals surface area (Å²) in [7, 11) is 0. The largest absolute Gasteiger partial charge is 0.360 e. The second-order valence-electron chi connectivity index (χ2n) is 7.11. The van der Waals surface area contributed by atoms with Crippen LogP contribution in [0.5, 0.6) is 0 Å². The van der Waals surface area contributed by atoms with Gasteiger partial charge < -0.3 is 10.3 Å².